The van der Waals surface area contributed by atoms with Crippen LogP contribution in [0, 0.1) is 6.92 Å². The molecule has 4 rings (SSSR count). The Labute approximate surface area is 165 Å². The summed E-state index contributed by atoms with van der Waals surface area (Å²) in [5.74, 6) is 2.43. The zero-order valence-corrected chi connectivity index (χ0v) is 16.6. The third-order valence-electron chi connectivity index (χ3n) is 4.73. The summed E-state index contributed by atoms with van der Waals surface area (Å²) in [5, 5.41) is 7.27. The molecule has 0 bridgehead atoms. The van der Waals surface area contributed by atoms with E-state index in [4.69, 9.17) is 26.4 Å². The average Bonchev–Trinajstić information content (AvgIpc) is 2.60. The number of hydrogen-bond donors (Lipinski definition) is 2. The van der Waals surface area contributed by atoms with E-state index in [1.165, 1.54) is 5.56 Å². The molecule has 0 saturated carbocycles. The Hall–Kier alpha value is -2.47. The van der Waals surface area contributed by atoms with Gasteiger partial charge in [0.1, 0.15) is 24.6 Å². The van der Waals surface area contributed by atoms with E-state index in [0.29, 0.717) is 18.3 Å². The molecular formula is C21H24N2O3S. The van der Waals surface area contributed by atoms with Crippen molar-refractivity contribution in [1.82, 2.24) is 5.32 Å². The van der Waals surface area contributed by atoms with Gasteiger partial charge in [-0.15, -0.1) is 0 Å². The smallest absolute Gasteiger partial charge is 0.171 e. The van der Waals surface area contributed by atoms with E-state index in [9.17, 15) is 0 Å². The standard InChI is InChI=1S/C21H24N2O3S/c1-13-4-6-15-16(12-21(2,3)26-18(15)10-13)23-20(27)22-14-5-7-17-19(11-14)25-9-8-24-17/h4-7,10-11,16H,8-9,12H2,1-3H3,(H2,22,23,27)/t16-/m0/s1. The Bertz CT molecular complexity index is 882. The highest BCUT2D eigenvalue weighted by Gasteiger charge is 2.34. The maximum atomic E-state index is 6.16. The van der Waals surface area contributed by atoms with E-state index in [-0.39, 0.29) is 11.6 Å². The first-order valence-corrected chi connectivity index (χ1v) is 9.57. The Balaban J connectivity index is 1.49. The van der Waals surface area contributed by atoms with Gasteiger partial charge in [-0.3, -0.25) is 0 Å². The topological polar surface area (TPSA) is 51.8 Å². The zero-order chi connectivity index (χ0) is 19.0. The lowest BCUT2D eigenvalue weighted by molar-refractivity contribution is 0.0696. The predicted octanol–water partition coefficient (Wildman–Crippen LogP) is 4.36. The molecule has 0 amide bonds. The second-order valence-electron chi connectivity index (χ2n) is 7.62. The molecule has 0 spiro atoms. The van der Waals surface area contributed by atoms with Gasteiger partial charge in [-0.1, -0.05) is 12.1 Å². The lowest BCUT2D eigenvalue weighted by Gasteiger charge is -2.38. The fraction of sp³-hybridized carbons (Fsp3) is 0.381. The van der Waals surface area contributed by atoms with Crippen molar-refractivity contribution in [1.29, 1.82) is 0 Å². The Morgan fingerprint density at radius 1 is 1.04 bits per heavy atom. The summed E-state index contributed by atoms with van der Waals surface area (Å²) >= 11 is 5.57. The van der Waals surface area contributed by atoms with Crippen molar-refractivity contribution in [3.63, 3.8) is 0 Å². The molecule has 2 aliphatic heterocycles. The number of fused-ring (bicyclic) bond motifs is 2. The number of anilines is 1. The minimum absolute atomic E-state index is 0.0848. The maximum Gasteiger partial charge on any atom is 0.171 e. The van der Waals surface area contributed by atoms with Crippen LogP contribution >= 0.6 is 12.2 Å². The molecule has 1 atom stereocenters. The molecule has 5 nitrogen and oxygen atoms in total. The second-order valence-corrected chi connectivity index (χ2v) is 8.02. The number of rotatable bonds is 2. The molecule has 0 aromatic heterocycles. The van der Waals surface area contributed by atoms with Gasteiger partial charge in [0.2, 0.25) is 0 Å². The van der Waals surface area contributed by atoms with Crippen LogP contribution in [0.5, 0.6) is 17.2 Å². The van der Waals surface area contributed by atoms with Crippen LogP contribution in [-0.4, -0.2) is 23.9 Å². The van der Waals surface area contributed by atoms with Gasteiger partial charge in [0, 0.05) is 23.7 Å². The minimum atomic E-state index is -0.259. The van der Waals surface area contributed by atoms with E-state index >= 15 is 0 Å². The summed E-state index contributed by atoms with van der Waals surface area (Å²) in [5.41, 5.74) is 2.92. The van der Waals surface area contributed by atoms with Crippen molar-refractivity contribution in [2.24, 2.45) is 0 Å². The number of ether oxygens (including phenoxy) is 3. The molecule has 2 N–H and O–H groups in total. The summed E-state index contributed by atoms with van der Waals surface area (Å²) < 4.78 is 17.4. The molecule has 2 aliphatic rings. The minimum Gasteiger partial charge on any atom is -0.487 e. The summed E-state index contributed by atoms with van der Waals surface area (Å²) in [6.45, 7) is 7.42. The monoisotopic (exact) mass is 384 g/mol. The van der Waals surface area contributed by atoms with E-state index in [1.807, 2.05) is 18.2 Å². The van der Waals surface area contributed by atoms with Crippen molar-refractivity contribution in [2.45, 2.75) is 38.8 Å². The van der Waals surface area contributed by atoms with Gasteiger partial charge in [0.15, 0.2) is 16.6 Å². The first-order chi connectivity index (χ1) is 12.9. The SMILES string of the molecule is Cc1ccc2c(c1)OC(C)(C)C[C@@H]2NC(=S)Nc1ccc2c(c1)OCCO2. The number of hydrogen-bond acceptors (Lipinski definition) is 4. The summed E-state index contributed by atoms with van der Waals surface area (Å²) in [4.78, 5) is 0. The third-order valence-corrected chi connectivity index (χ3v) is 4.95. The fourth-order valence-electron chi connectivity index (χ4n) is 3.53. The van der Waals surface area contributed by atoms with E-state index < -0.39 is 0 Å². The molecule has 27 heavy (non-hydrogen) atoms. The molecule has 0 aliphatic carbocycles. The van der Waals surface area contributed by atoms with Gasteiger partial charge in [-0.2, -0.15) is 0 Å². The summed E-state index contributed by atoms with van der Waals surface area (Å²) in [7, 11) is 0. The average molecular weight is 385 g/mol. The van der Waals surface area contributed by atoms with E-state index in [0.717, 1.165) is 34.9 Å². The van der Waals surface area contributed by atoms with Crippen LogP contribution in [-0.2, 0) is 0 Å². The molecular weight excluding hydrogens is 360 g/mol. The highest BCUT2D eigenvalue weighted by molar-refractivity contribution is 7.80. The number of nitrogens with one attached hydrogen (secondary N) is 2. The van der Waals surface area contributed by atoms with Crippen LogP contribution in [0.2, 0.25) is 0 Å². The highest BCUT2D eigenvalue weighted by Crippen LogP contribution is 2.40. The molecule has 0 unspecified atom stereocenters. The molecule has 0 saturated heterocycles. The second kappa shape index (κ2) is 6.93. The first kappa shape index (κ1) is 17.9. The van der Waals surface area contributed by atoms with Crippen LogP contribution in [0.25, 0.3) is 0 Å². The van der Waals surface area contributed by atoms with Crippen LogP contribution in [0.1, 0.15) is 37.4 Å². The van der Waals surface area contributed by atoms with Crippen molar-refractivity contribution < 1.29 is 14.2 Å². The summed E-state index contributed by atoms with van der Waals surface area (Å²) in [6, 6.07) is 12.1. The van der Waals surface area contributed by atoms with Gasteiger partial charge in [-0.05, 0) is 56.8 Å². The molecule has 2 aromatic rings. The van der Waals surface area contributed by atoms with Crippen LogP contribution < -0.4 is 24.8 Å². The van der Waals surface area contributed by atoms with Gasteiger partial charge >= 0.3 is 0 Å². The molecule has 142 valence electrons. The molecule has 2 aromatic carbocycles. The molecule has 6 heteroatoms. The highest BCUT2D eigenvalue weighted by atomic mass is 32.1. The van der Waals surface area contributed by atoms with Crippen LogP contribution in [0.3, 0.4) is 0 Å². The van der Waals surface area contributed by atoms with Crippen molar-refractivity contribution >= 4 is 23.0 Å². The van der Waals surface area contributed by atoms with Gasteiger partial charge in [0.05, 0.1) is 6.04 Å². The van der Waals surface area contributed by atoms with Crippen molar-refractivity contribution in [2.75, 3.05) is 18.5 Å². The Morgan fingerprint density at radius 2 is 1.81 bits per heavy atom. The Morgan fingerprint density at radius 3 is 2.63 bits per heavy atom. The zero-order valence-electron chi connectivity index (χ0n) is 15.8. The van der Waals surface area contributed by atoms with Gasteiger partial charge in [-0.25, -0.2) is 0 Å². The molecule has 0 fully saturated rings. The van der Waals surface area contributed by atoms with E-state index in [1.54, 1.807) is 0 Å². The third kappa shape index (κ3) is 3.95. The number of benzene rings is 2. The molecule has 0 radical (unpaired) electrons. The maximum absolute atomic E-state index is 6.16. The van der Waals surface area contributed by atoms with Crippen LogP contribution in [0.15, 0.2) is 36.4 Å². The predicted molar refractivity (Wildman–Crippen MR) is 110 cm³/mol. The molecule has 2 heterocycles. The van der Waals surface area contributed by atoms with E-state index in [2.05, 4.69) is 49.6 Å². The van der Waals surface area contributed by atoms with Crippen molar-refractivity contribution in [3.8, 4) is 17.2 Å². The van der Waals surface area contributed by atoms with Gasteiger partial charge < -0.3 is 24.8 Å². The lowest BCUT2D eigenvalue weighted by atomic mass is 9.89. The van der Waals surface area contributed by atoms with Crippen molar-refractivity contribution in [3.05, 3.63) is 47.5 Å². The largest absolute Gasteiger partial charge is 0.487 e. The normalized spacial score (nSPS) is 19.4. The quantitative estimate of drug-likeness (QED) is 0.751. The fourth-order valence-corrected chi connectivity index (χ4v) is 3.79. The number of aryl methyl sites for hydroxylation is 1. The van der Waals surface area contributed by atoms with Gasteiger partial charge in [0.25, 0.3) is 0 Å². The van der Waals surface area contributed by atoms with Crippen LogP contribution in [0.4, 0.5) is 5.69 Å². The lowest BCUT2D eigenvalue weighted by Crippen LogP contribution is -2.42. The number of thiocarbonyl (C=S) groups is 1. The first-order valence-electron chi connectivity index (χ1n) is 9.16. The summed E-state index contributed by atoms with van der Waals surface area (Å²) in [6.07, 6.45) is 0.825. The Kier molecular flexibility index (Phi) is 4.60.